The third-order valence-corrected chi connectivity index (χ3v) is 5.93. The van der Waals surface area contributed by atoms with Crippen LogP contribution in [0.3, 0.4) is 0 Å². The van der Waals surface area contributed by atoms with Gasteiger partial charge in [-0.15, -0.1) is 0 Å². The van der Waals surface area contributed by atoms with Gasteiger partial charge in [0, 0.05) is 50.2 Å². The smallest absolute Gasteiger partial charge is 0.383 e. The summed E-state index contributed by atoms with van der Waals surface area (Å²) in [7, 11) is 0. The van der Waals surface area contributed by atoms with Gasteiger partial charge >= 0.3 is 12.2 Å². The molecular weight excluding hydrogens is 461 g/mol. The molecule has 4 rings (SSSR count). The fourth-order valence-corrected chi connectivity index (χ4v) is 4.06. The van der Waals surface area contributed by atoms with E-state index in [1.165, 1.54) is 15.8 Å². The van der Waals surface area contributed by atoms with Crippen LogP contribution < -0.4 is 10.6 Å². The second kappa shape index (κ2) is 10.4. The number of aromatic nitrogens is 2. The third-order valence-electron chi connectivity index (χ3n) is 5.93. The quantitative estimate of drug-likeness (QED) is 0.557. The second-order valence-electron chi connectivity index (χ2n) is 8.61. The number of carbonyl (C=O) groups is 2. The van der Waals surface area contributed by atoms with Crippen LogP contribution in [0.2, 0.25) is 0 Å². The Morgan fingerprint density at radius 2 is 1.80 bits per heavy atom. The van der Waals surface area contributed by atoms with Crippen LogP contribution in [0.5, 0.6) is 0 Å². The van der Waals surface area contributed by atoms with Gasteiger partial charge in [0.2, 0.25) is 5.91 Å². The lowest BCUT2D eigenvalue weighted by Crippen LogP contribution is -2.55. The number of piperazine rings is 1. The SMILES string of the molecule is CCCN1CCN(C(=O)NCCNC(=C2CC2)c2cn(-c3ccccc3)nc2C(F)(F)F)CC1=O. The van der Waals surface area contributed by atoms with Gasteiger partial charge < -0.3 is 20.4 Å². The van der Waals surface area contributed by atoms with E-state index in [0.717, 1.165) is 12.0 Å². The summed E-state index contributed by atoms with van der Waals surface area (Å²) >= 11 is 0. The van der Waals surface area contributed by atoms with Gasteiger partial charge in [0.05, 0.1) is 5.69 Å². The van der Waals surface area contributed by atoms with Crippen LogP contribution >= 0.6 is 0 Å². The minimum atomic E-state index is -4.61. The molecule has 1 aliphatic carbocycles. The Morgan fingerprint density at radius 3 is 2.43 bits per heavy atom. The van der Waals surface area contributed by atoms with Crippen molar-refractivity contribution in [3.8, 4) is 5.69 Å². The van der Waals surface area contributed by atoms with Crippen molar-refractivity contribution in [2.75, 3.05) is 39.3 Å². The third kappa shape index (κ3) is 5.95. The summed E-state index contributed by atoms with van der Waals surface area (Å²) in [6.07, 6.45) is -0.925. The van der Waals surface area contributed by atoms with Crippen LogP contribution in [0.25, 0.3) is 11.4 Å². The summed E-state index contributed by atoms with van der Waals surface area (Å²) in [5, 5.41) is 9.67. The van der Waals surface area contributed by atoms with E-state index in [2.05, 4.69) is 15.7 Å². The van der Waals surface area contributed by atoms with Crippen LogP contribution in [-0.2, 0) is 11.0 Å². The average Bonchev–Trinajstić information content (AvgIpc) is 3.57. The molecule has 0 spiro atoms. The maximum Gasteiger partial charge on any atom is 0.435 e. The number of nitrogens with zero attached hydrogens (tertiary/aromatic N) is 4. The van der Waals surface area contributed by atoms with E-state index in [0.29, 0.717) is 43.9 Å². The molecule has 2 aliphatic rings. The molecule has 0 unspecified atom stereocenters. The van der Waals surface area contributed by atoms with Gasteiger partial charge in [-0.2, -0.15) is 18.3 Å². The number of halogens is 3. The molecule has 2 aromatic rings. The molecule has 188 valence electrons. The number of para-hydroxylation sites is 1. The fraction of sp³-hybridized carbons (Fsp3) is 0.458. The first-order valence-corrected chi connectivity index (χ1v) is 11.8. The number of benzene rings is 1. The Kier molecular flexibility index (Phi) is 7.32. The van der Waals surface area contributed by atoms with Crippen molar-refractivity contribution in [2.45, 2.75) is 32.4 Å². The summed E-state index contributed by atoms with van der Waals surface area (Å²) in [6.45, 7) is 4.09. The van der Waals surface area contributed by atoms with E-state index in [1.807, 2.05) is 6.92 Å². The molecule has 1 aromatic carbocycles. The van der Waals surface area contributed by atoms with E-state index in [-0.39, 0.29) is 37.1 Å². The Labute approximate surface area is 201 Å². The van der Waals surface area contributed by atoms with E-state index >= 15 is 0 Å². The maximum absolute atomic E-state index is 13.8. The zero-order valence-electron chi connectivity index (χ0n) is 19.6. The number of hydrogen-bond donors (Lipinski definition) is 2. The first-order chi connectivity index (χ1) is 16.8. The Hall–Kier alpha value is -3.50. The van der Waals surface area contributed by atoms with Crippen LogP contribution in [0.4, 0.5) is 18.0 Å². The van der Waals surface area contributed by atoms with Crippen molar-refractivity contribution in [3.05, 3.63) is 53.4 Å². The van der Waals surface area contributed by atoms with Gasteiger partial charge in [-0.3, -0.25) is 4.79 Å². The first kappa shape index (κ1) is 24.6. The molecule has 11 heteroatoms. The molecule has 2 heterocycles. The summed E-state index contributed by atoms with van der Waals surface area (Å²) in [5.74, 6) is -0.0813. The minimum absolute atomic E-state index is 0.00202. The first-order valence-electron chi connectivity index (χ1n) is 11.8. The lowest BCUT2D eigenvalue weighted by molar-refractivity contribution is -0.141. The van der Waals surface area contributed by atoms with Crippen molar-refractivity contribution in [3.63, 3.8) is 0 Å². The monoisotopic (exact) mass is 490 g/mol. The van der Waals surface area contributed by atoms with Gasteiger partial charge in [0.15, 0.2) is 5.69 Å². The van der Waals surface area contributed by atoms with Crippen LogP contribution in [0.15, 0.2) is 42.1 Å². The van der Waals surface area contributed by atoms with Gasteiger partial charge in [-0.1, -0.05) is 25.1 Å². The lowest BCUT2D eigenvalue weighted by Gasteiger charge is -2.34. The number of hydrogen-bond acceptors (Lipinski definition) is 4. The number of rotatable bonds is 8. The zero-order valence-corrected chi connectivity index (χ0v) is 19.6. The number of allylic oxidation sites excluding steroid dienone is 1. The van der Waals surface area contributed by atoms with Crippen molar-refractivity contribution in [2.24, 2.45) is 0 Å². The van der Waals surface area contributed by atoms with E-state index < -0.39 is 11.9 Å². The molecule has 3 amide bonds. The van der Waals surface area contributed by atoms with Crippen molar-refractivity contribution >= 4 is 17.6 Å². The van der Waals surface area contributed by atoms with E-state index in [4.69, 9.17) is 0 Å². The van der Waals surface area contributed by atoms with E-state index in [9.17, 15) is 22.8 Å². The fourth-order valence-electron chi connectivity index (χ4n) is 4.06. The number of alkyl halides is 3. The predicted molar refractivity (Wildman–Crippen MR) is 125 cm³/mol. The van der Waals surface area contributed by atoms with E-state index in [1.54, 1.807) is 35.2 Å². The second-order valence-corrected chi connectivity index (χ2v) is 8.61. The molecular formula is C24H29F3N6O2. The number of nitrogens with one attached hydrogen (secondary N) is 2. The Bertz CT molecular complexity index is 1090. The highest BCUT2D eigenvalue weighted by atomic mass is 19.4. The van der Waals surface area contributed by atoms with Crippen molar-refractivity contribution < 1.29 is 22.8 Å². The Morgan fingerprint density at radius 1 is 1.09 bits per heavy atom. The van der Waals surface area contributed by atoms with Crippen LogP contribution in [-0.4, -0.2) is 70.8 Å². The molecule has 0 atom stereocenters. The molecule has 0 bridgehead atoms. The van der Waals surface area contributed by atoms with Crippen molar-refractivity contribution in [1.82, 2.24) is 30.2 Å². The number of amides is 3. The maximum atomic E-state index is 13.8. The normalized spacial score (nSPS) is 15.9. The molecule has 2 N–H and O–H groups in total. The largest absolute Gasteiger partial charge is 0.435 e. The molecule has 2 fully saturated rings. The van der Waals surface area contributed by atoms with Gasteiger partial charge in [-0.25, -0.2) is 9.48 Å². The molecule has 8 nitrogen and oxygen atoms in total. The summed E-state index contributed by atoms with van der Waals surface area (Å²) in [4.78, 5) is 27.8. The molecule has 1 aromatic heterocycles. The van der Waals surface area contributed by atoms with Crippen molar-refractivity contribution in [1.29, 1.82) is 0 Å². The zero-order chi connectivity index (χ0) is 25.0. The molecule has 1 saturated heterocycles. The average molecular weight is 491 g/mol. The van der Waals surface area contributed by atoms with Gasteiger partial charge in [-0.05, 0) is 37.0 Å². The molecule has 35 heavy (non-hydrogen) atoms. The number of carbonyl (C=O) groups excluding carboxylic acids is 2. The number of urea groups is 1. The van der Waals surface area contributed by atoms with Crippen LogP contribution in [0, 0.1) is 0 Å². The highest BCUT2D eigenvalue weighted by molar-refractivity contribution is 5.85. The predicted octanol–water partition coefficient (Wildman–Crippen LogP) is 3.25. The Balaban J connectivity index is 1.39. The van der Waals surface area contributed by atoms with Crippen LogP contribution in [0.1, 0.15) is 37.4 Å². The molecule has 1 aliphatic heterocycles. The topological polar surface area (TPSA) is 82.5 Å². The highest BCUT2D eigenvalue weighted by Gasteiger charge is 2.39. The minimum Gasteiger partial charge on any atom is -0.383 e. The highest BCUT2D eigenvalue weighted by Crippen LogP contribution is 2.40. The summed E-state index contributed by atoms with van der Waals surface area (Å²) < 4.78 is 42.7. The molecule has 0 radical (unpaired) electrons. The molecule has 1 saturated carbocycles. The summed E-state index contributed by atoms with van der Waals surface area (Å²) in [6, 6.07) is 8.29. The summed E-state index contributed by atoms with van der Waals surface area (Å²) in [5.41, 5.74) is 0.892. The van der Waals surface area contributed by atoms with Gasteiger partial charge in [0.25, 0.3) is 0 Å². The van der Waals surface area contributed by atoms with Gasteiger partial charge in [0.1, 0.15) is 6.54 Å². The standard InChI is InChI=1S/C24H29F3N6O2/c1-2-12-31-13-14-32(16-20(31)34)23(35)29-11-10-28-21(17-8-9-17)19-15-33(18-6-4-3-5-7-18)30-22(19)24(25,26)27/h3-7,15,28H,2,8-14,16H2,1H3,(H,29,35). The lowest BCUT2D eigenvalue weighted by atomic mass is 10.1.